The summed E-state index contributed by atoms with van der Waals surface area (Å²) in [7, 11) is 1.70. The monoisotopic (exact) mass is 570 g/mol. The third-order valence-corrected chi connectivity index (χ3v) is 6.66. The Morgan fingerprint density at radius 2 is 1.67 bits per heavy atom. The number of amides is 1. The molecule has 8 heteroatoms. The molecule has 2 heterocycles. The van der Waals surface area contributed by atoms with Gasteiger partial charge in [0.1, 0.15) is 0 Å². The van der Waals surface area contributed by atoms with Crippen LogP contribution < -0.4 is 16.0 Å². The van der Waals surface area contributed by atoms with Crippen LogP contribution in [0.4, 0.5) is 0 Å². The highest BCUT2D eigenvalue weighted by Crippen LogP contribution is 2.19. The average Bonchev–Trinajstić information content (AvgIpc) is 2.81. The summed E-state index contributed by atoms with van der Waals surface area (Å²) in [6.07, 6.45) is 4.51. The molecule has 2 aliphatic rings. The molecule has 0 atom stereocenters. The number of aliphatic imine (C=N–C) groups is 1. The Labute approximate surface area is 217 Å². The van der Waals surface area contributed by atoms with E-state index in [2.05, 4.69) is 63.9 Å². The number of halogens is 1. The van der Waals surface area contributed by atoms with Gasteiger partial charge in [-0.3, -0.25) is 19.6 Å². The van der Waals surface area contributed by atoms with Crippen molar-refractivity contribution in [2.45, 2.75) is 52.1 Å². The van der Waals surface area contributed by atoms with Crippen molar-refractivity contribution in [3.63, 3.8) is 0 Å². The van der Waals surface area contributed by atoms with E-state index < -0.39 is 0 Å². The second kappa shape index (κ2) is 14.8. The molecule has 0 spiro atoms. The molecule has 0 radical (unpaired) electrons. The van der Waals surface area contributed by atoms with Crippen molar-refractivity contribution < 1.29 is 4.79 Å². The van der Waals surface area contributed by atoms with Crippen molar-refractivity contribution in [3.05, 3.63) is 35.4 Å². The molecule has 7 nitrogen and oxygen atoms in total. The highest BCUT2D eigenvalue weighted by molar-refractivity contribution is 14.0. The number of benzene rings is 1. The molecule has 1 aromatic rings. The van der Waals surface area contributed by atoms with Crippen LogP contribution in [0.25, 0.3) is 0 Å². The van der Waals surface area contributed by atoms with E-state index in [1.54, 1.807) is 7.05 Å². The van der Waals surface area contributed by atoms with Crippen LogP contribution in [0, 0.1) is 12.8 Å². The summed E-state index contributed by atoms with van der Waals surface area (Å²) >= 11 is 0. The standard InChI is InChI=1S/C25H42N6O.HI/c1-4-27-25(29-23-11-15-31(16-12-23)19-24(32)26-3)28-17-21-9-13-30(14-10-21)18-22-7-5-20(2)6-8-22;/h5-8,21,23H,4,9-19H2,1-3H3,(H,26,32)(H2,27,28,29);1H. The third-order valence-electron chi connectivity index (χ3n) is 6.66. The van der Waals surface area contributed by atoms with Crippen LogP contribution in [-0.2, 0) is 11.3 Å². The van der Waals surface area contributed by atoms with E-state index in [9.17, 15) is 4.79 Å². The lowest BCUT2D eigenvalue weighted by Gasteiger charge is -2.33. The minimum atomic E-state index is 0. The lowest BCUT2D eigenvalue weighted by molar-refractivity contribution is -0.122. The number of likely N-dealkylation sites (tertiary alicyclic amines) is 2. The van der Waals surface area contributed by atoms with E-state index in [0.29, 0.717) is 18.5 Å². The highest BCUT2D eigenvalue weighted by atomic mass is 127. The molecule has 3 rings (SSSR count). The average molecular weight is 571 g/mol. The fraction of sp³-hybridized carbons (Fsp3) is 0.680. The summed E-state index contributed by atoms with van der Waals surface area (Å²) in [6.45, 7) is 11.8. The number of hydrogen-bond donors (Lipinski definition) is 3. The summed E-state index contributed by atoms with van der Waals surface area (Å²) in [5.41, 5.74) is 2.73. The maximum atomic E-state index is 11.6. The molecule has 186 valence electrons. The van der Waals surface area contributed by atoms with E-state index in [4.69, 9.17) is 4.99 Å². The maximum Gasteiger partial charge on any atom is 0.233 e. The predicted octanol–water partition coefficient (Wildman–Crippen LogP) is 2.59. The number of likely N-dealkylation sites (N-methyl/N-ethyl adjacent to an activating group) is 1. The van der Waals surface area contributed by atoms with Gasteiger partial charge in [0.25, 0.3) is 0 Å². The SMILES string of the molecule is CCNC(=NCC1CCN(Cc2ccc(C)cc2)CC1)NC1CCN(CC(=O)NC)CC1.I. The number of piperidine rings is 2. The zero-order valence-electron chi connectivity index (χ0n) is 20.6. The Morgan fingerprint density at radius 1 is 1.03 bits per heavy atom. The molecule has 1 aromatic carbocycles. The fourth-order valence-electron chi connectivity index (χ4n) is 4.53. The van der Waals surface area contributed by atoms with Gasteiger partial charge in [-0.15, -0.1) is 24.0 Å². The van der Waals surface area contributed by atoms with Gasteiger partial charge in [-0.2, -0.15) is 0 Å². The van der Waals surface area contributed by atoms with E-state index in [1.807, 2.05) is 0 Å². The summed E-state index contributed by atoms with van der Waals surface area (Å²) < 4.78 is 0. The maximum absolute atomic E-state index is 11.6. The number of nitrogens with one attached hydrogen (secondary N) is 3. The molecule has 0 aliphatic carbocycles. The molecule has 0 bridgehead atoms. The minimum Gasteiger partial charge on any atom is -0.358 e. The predicted molar refractivity (Wildman–Crippen MR) is 147 cm³/mol. The molecule has 0 saturated carbocycles. The minimum absolute atomic E-state index is 0. The second-order valence-corrected chi connectivity index (χ2v) is 9.29. The largest absolute Gasteiger partial charge is 0.358 e. The first-order valence-corrected chi connectivity index (χ1v) is 12.3. The number of hydrogen-bond acceptors (Lipinski definition) is 4. The smallest absolute Gasteiger partial charge is 0.233 e. The Hall–Kier alpha value is -1.39. The van der Waals surface area contributed by atoms with Crippen molar-refractivity contribution >= 4 is 35.8 Å². The van der Waals surface area contributed by atoms with Crippen LogP contribution >= 0.6 is 24.0 Å². The number of aryl methyl sites for hydroxylation is 1. The number of carbonyl (C=O) groups excluding carboxylic acids is 1. The summed E-state index contributed by atoms with van der Waals surface area (Å²) in [6, 6.07) is 9.34. The second-order valence-electron chi connectivity index (χ2n) is 9.29. The van der Waals surface area contributed by atoms with Crippen molar-refractivity contribution in [1.29, 1.82) is 0 Å². The van der Waals surface area contributed by atoms with Gasteiger partial charge in [-0.05, 0) is 64.1 Å². The molecule has 2 fully saturated rings. The number of carbonyl (C=O) groups is 1. The summed E-state index contributed by atoms with van der Waals surface area (Å²) in [5, 5.41) is 9.76. The Kier molecular flexibility index (Phi) is 12.5. The lowest BCUT2D eigenvalue weighted by Crippen LogP contribution is -2.50. The van der Waals surface area contributed by atoms with Gasteiger partial charge in [-0.1, -0.05) is 29.8 Å². The van der Waals surface area contributed by atoms with Crippen molar-refractivity contribution in [1.82, 2.24) is 25.8 Å². The quantitative estimate of drug-likeness (QED) is 0.255. The zero-order valence-corrected chi connectivity index (χ0v) is 22.9. The Bertz CT molecular complexity index is 725. The Morgan fingerprint density at radius 3 is 2.27 bits per heavy atom. The summed E-state index contributed by atoms with van der Waals surface area (Å²) in [4.78, 5) is 21.3. The molecule has 2 saturated heterocycles. The van der Waals surface area contributed by atoms with Crippen LogP contribution in [0.1, 0.15) is 43.7 Å². The number of guanidine groups is 1. The molecule has 0 aromatic heterocycles. The van der Waals surface area contributed by atoms with Gasteiger partial charge in [0.05, 0.1) is 6.54 Å². The van der Waals surface area contributed by atoms with Gasteiger partial charge in [0, 0.05) is 45.8 Å². The van der Waals surface area contributed by atoms with E-state index in [1.165, 1.54) is 24.0 Å². The van der Waals surface area contributed by atoms with Crippen LogP contribution in [-0.4, -0.2) is 80.6 Å². The van der Waals surface area contributed by atoms with Gasteiger partial charge in [0.2, 0.25) is 5.91 Å². The van der Waals surface area contributed by atoms with E-state index in [-0.39, 0.29) is 29.9 Å². The van der Waals surface area contributed by atoms with Crippen molar-refractivity contribution in [2.75, 3.05) is 52.9 Å². The third kappa shape index (κ3) is 9.78. The van der Waals surface area contributed by atoms with Gasteiger partial charge >= 0.3 is 0 Å². The molecular formula is C25H43IN6O. The van der Waals surface area contributed by atoms with Crippen LogP contribution in [0.5, 0.6) is 0 Å². The van der Waals surface area contributed by atoms with Crippen LogP contribution in [0.2, 0.25) is 0 Å². The fourth-order valence-corrected chi connectivity index (χ4v) is 4.53. The Balaban J connectivity index is 0.00000385. The zero-order chi connectivity index (χ0) is 22.8. The molecule has 1 amide bonds. The molecule has 3 N–H and O–H groups in total. The molecular weight excluding hydrogens is 527 g/mol. The van der Waals surface area contributed by atoms with Crippen LogP contribution in [0.15, 0.2) is 29.3 Å². The first kappa shape index (κ1) is 27.9. The van der Waals surface area contributed by atoms with Crippen molar-refractivity contribution in [3.8, 4) is 0 Å². The van der Waals surface area contributed by atoms with Gasteiger partial charge in [-0.25, -0.2) is 0 Å². The first-order valence-electron chi connectivity index (χ1n) is 12.3. The van der Waals surface area contributed by atoms with Crippen LogP contribution in [0.3, 0.4) is 0 Å². The molecule has 0 unspecified atom stereocenters. The summed E-state index contributed by atoms with van der Waals surface area (Å²) in [5.74, 6) is 1.70. The molecule has 2 aliphatic heterocycles. The van der Waals surface area contributed by atoms with Gasteiger partial charge in [0.15, 0.2) is 5.96 Å². The molecule has 33 heavy (non-hydrogen) atoms. The normalized spacial score (nSPS) is 19.1. The van der Waals surface area contributed by atoms with E-state index in [0.717, 1.165) is 64.6 Å². The highest BCUT2D eigenvalue weighted by Gasteiger charge is 2.22. The van der Waals surface area contributed by atoms with E-state index >= 15 is 0 Å². The topological polar surface area (TPSA) is 72.0 Å². The first-order chi connectivity index (χ1) is 15.6. The van der Waals surface area contributed by atoms with Crippen molar-refractivity contribution in [2.24, 2.45) is 10.9 Å². The number of rotatable bonds is 8. The number of nitrogens with zero attached hydrogens (tertiary/aromatic N) is 3. The van der Waals surface area contributed by atoms with Gasteiger partial charge < -0.3 is 16.0 Å². The lowest BCUT2D eigenvalue weighted by atomic mass is 9.96.